The van der Waals surface area contributed by atoms with E-state index >= 15 is 0 Å². The Kier molecular flexibility index (Phi) is 8.96. The lowest BCUT2D eigenvalue weighted by Crippen LogP contribution is -2.62. The van der Waals surface area contributed by atoms with Crippen molar-refractivity contribution in [3.8, 4) is 0 Å². The third kappa shape index (κ3) is 5.69. The van der Waals surface area contributed by atoms with Gasteiger partial charge in [-0.1, -0.05) is 40.5 Å². The van der Waals surface area contributed by atoms with Gasteiger partial charge in [0.05, 0.1) is 24.1 Å². The number of fused-ring (bicyclic) bond motifs is 5. The van der Waals surface area contributed by atoms with E-state index in [0.717, 1.165) is 57.8 Å². The molecular weight excluding hydrogens is 506 g/mol. The van der Waals surface area contributed by atoms with Crippen molar-refractivity contribution in [1.82, 2.24) is 5.32 Å². The fourth-order valence-corrected chi connectivity index (χ4v) is 10.0. The Balaban J connectivity index is 1.36. The smallest absolute Gasteiger partial charge is 0.266 e. The minimum Gasteiger partial charge on any atom is -0.393 e. The van der Waals surface area contributed by atoms with Crippen molar-refractivity contribution < 1.29 is 33.1 Å². The maximum absolute atomic E-state index is 12.3. The average Bonchev–Trinajstić information content (AvgIpc) is 3.18. The topological polar surface area (TPSA) is 144 Å². The van der Waals surface area contributed by atoms with E-state index in [4.69, 9.17) is 4.55 Å². The minimum absolute atomic E-state index is 0.0766. The summed E-state index contributed by atoms with van der Waals surface area (Å²) in [6.07, 6.45) is 7.66. The highest BCUT2D eigenvalue weighted by molar-refractivity contribution is 7.85. The van der Waals surface area contributed by atoms with Gasteiger partial charge in [-0.25, -0.2) is 0 Å². The van der Waals surface area contributed by atoms with Crippen LogP contribution in [0.5, 0.6) is 0 Å². The van der Waals surface area contributed by atoms with Gasteiger partial charge in [-0.15, -0.1) is 0 Å². The third-order valence-electron chi connectivity index (χ3n) is 11.9. The first-order chi connectivity index (χ1) is 17.7. The van der Waals surface area contributed by atoms with E-state index in [1.165, 1.54) is 0 Å². The van der Waals surface area contributed by atoms with Crippen LogP contribution in [0.3, 0.4) is 0 Å². The van der Waals surface area contributed by atoms with Gasteiger partial charge < -0.3 is 20.6 Å². The summed E-state index contributed by atoms with van der Waals surface area (Å²) in [5, 5.41) is 36.0. The normalized spacial score (nSPS) is 44.4. The number of hydrogen-bond acceptors (Lipinski definition) is 6. The number of nitrogens with one attached hydrogen (secondary N) is 1. The highest BCUT2D eigenvalue weighted by Crippen LogP contribution is 2.68. The van der Waals surface area contributed by atoms with Gasteiger partial charge in [0, 0.05) is 12.5 Å². The molecule has 4 aliphatic carbocycles. The number of carbonyl (C=O) groups excluding carboxylic acids is 1. The van der Waals surface area contributed by atoms with Crippen molar-refractivity contribution in [3.63, 3.8) is 0 Å². The van der Waals surface area contributed by atoms with Crippen molar-refractivity contribution in [2.75, 3.05) is 12.3 Å². The highest BCUT2D eigenvalue weighted by atomic mass is 32.2. The number of aliphatic hydroxyl groups is 3. The second-order valence-corrected chi connectivity index (χ2v) is 15.5. The molecule has 8 nitrogen and oxygen atoms in total. The van der Waals surface area contributed by atoms with Gasteiger partial charge in [-0.05, 0) is 97.7 Å². The largest absolute Gasteiger partial charge is 0.393 e. The fourth-order valence-electron chi connectivity index (χ4n) is 9.69. The van der Waals surface area contributed by atoms with Crippen molar-refractivity contribution in [3.05, 3.63) is 0 Å². The second-order valence-electron chi connectivity index (χ2n) is 13.9. The monoisotopic (exact) mass is 557 g/mol. The molecule has 12 unspecified atom stereocenters. The lowest BCUT2D eigenvalue weighted by Gasteiger charge is -2.63. The summed E-state index contributed by atoms with van der Waals surface area (Å²) in [6.45, 7) is 8.65. The first-order valence-electron chi connectivity index (χ1n) is 15.0. The maximum atomic E-state index is 12.3. The summed E-state index contributed by atoms with van der Waals surface area (Å²) < 4.78 is 30.5. The molecule has 0 spiro atoms. The summed E-state index contributed by atoms with van der Waals surface area (Å²) >= 11 is 0. The standard InChI is InChI=1S/C29H51NO7S/c1-17(6-5-7-18(2)27(34)30-12-13-38(35,36)37)21-8-9-22-26-23(16-25(33)29(21,22)4)28(3)11-10-20(31)14-19(28)15-24(26)32/h17-26,31-33H,5-16H2,1-4H3,(H,30,34)(H,35,36,37). The van der Waals surface area contributed by atoms with Crippen LogP contribution in [0.15, 0.2) is 0 Å². The van der Waals surface area contributed by atoms with Crippen molar-refractivity contribution >= 4 is 16.0 Å². The average molecular weight is 558 g/mol. The molecule has 0 radical (unpaired) electrons. The zero-order valence-electron chi connectivity index (χ0n) is 23.7. The molecule has 4 fully saturated rings. The number of hydrogen-bond donors (Lipinski definition) is 5. The fraction of sp³-hybridized carbons (Fsp3) is 0.966. The SMILES string of the molecule is CC(CCCC(C)C1CCC2C3C(O)CC4CC(O)CCC4(C)C3CC(O)C12C)C(=O)NCCS(=O)(=O)O. The zero-order valence-corrected chi connectivity index (χ0v) is 24.5. The second kappa shape index (κ2) is 11.3. The molecule has 1 amide bonds. The maximum Gasteiger partial charge on any atom is 0.266 e. The first kappa shape index (κ1) is 30.2. The van der Waals surface area contributed by atoms with Crippen LogP contribution in [-0.2, 0) is 14.9 Å². The van der Waals surface area contributed by atoms with Gasteiger partial charge in [-0.2, -0.15) is 8.42 Å². The molecule has 0 bridgehead atoms. The van der Waals surface area contributed by atoms with E-state index < -0.39 is 22.0 Å². The molecule has 12 atom stereocenters. The molecule has 4 rings (SSSR count). The molecule has 9 heteroatoms. The molecular formula is C29H51NO7S. The van der Waals surface area contributed by atoms with Crippen LogP contribution in [0.1, 0.15) is 91.9 Å². The quantitative estimate of drug-likeness (QED) is 0.273. The van der Waals surface area contributed by atoms with E-state index in [1.807, 2.05) is 6.92 Å². The van der Waals surface area contributed by atoms with Gasteiger partial charge in [-0.3, -0.25) is 9.35 Å². The molecule has 38 heavy (non-hydrogen) atoms. The van der Waals surface area contributed by atoms with Crippen LogP contribution in [0, 0.1) is 52.3 Å². The van der Waals surface area contributed by atoms with Gasteiger partial charge in [0.25, 0.3) is 10.1 Å². The van der Waals surface area contributed by atoms with E-state index in [2.05, 4.69) is 26.1 Å². The Morgan fingerprint density at radius 1 is 1.00 bits per heavy atom. The van der Waals surface area contributed by atoms with Gasteiger partial charge >= 0.3 is 0 Å². The van der Waals surface area contributed by atoms with Crippen LogP contribution >= 0.6 is 0 Å². The van der Waals surface area contributed by atoms with Gasteiger partial charge in [0.1, 0.15) is 0 Å². The molecule has 4 aliphatic rings. The van der Waals surface area contributed by atoms with Crippen molar-refractivity contribution in [2.24, 2.45) is 52.3 Å². The summed E-state index contributed by atoms with van der Waals surface area (Å²) in [7, 11) is -4.09. The van der Waals surface area contributed by atoms with Crippen LogP contribution in [-0.4, -0.2) is 64.8 Å². The van der Waals surface area contributed by atoms with E-state index in [0.29, 0.717) is 36.0 Å². The third-order valence-corrected chi connectivity index (χ3v) is 12.6. The van der Waals surface area contributed by atoms with Crippen LogP contribution < -0.4 is 5.32 Å². The van der Waals surface area contributed by atoms with Crippen LogP contribution in [0.25, 0.3) is 0 Å². The lowest BCUT2D eigenvalue weighted by atomic mass is 9.43. The van der Waals surface area contributed by atoms with Gasteiger partial charge in [0.2, 0.25) is 5.91 Å². The Bertz CT molecular complexity index is 959. The summed E-state index contributed by atoms with van der Waals surface area (Å²) in [4.78, 5) is 12.3. The molecule has 0 aromatic carbocycles. The Morgan fingerprint density at radius 2 is 1.71 bits per heavy atom. The van der Waals surface area contributed by atoms with Crippen LogP contribution in [0.2, 0.25) is 0 Å². The summed E-state index contributed by atoms with van der Waals surface area (Å²) in [5.41, 5.74) is -0.148. The Labute approximate surface area is 229 Å². The summed E-state index contributed by atoms with van der Waals surface area (Å²) in [6, 6.07) is 0. The van der Waals surface area contributed by atoms with Gasteiger partial charge in [0.15, 0.2) is 0 Å². The molecule has 0 saturated heterocycles. The lowest BCUT2D eigenvalue weighted by molar-refractivity contribution is -0.207. The number of amides is 1. The summed E-state index contributed by atoms with van der Waals surface area (Å²) in [5.74, 6) is 0.971. The van der Waals surface area contributed by atoms with Crippen molar-refractivity contribution in [2.45, 2.75) is 110 Å². The Hall–Kier alpha value is -0.740. The number of carbonyl (C=O) groups is 1. The zero-order chi connectivity index (χ0) is 28.0. The molecule has 220 valence electrons. The number of rotatable bonds is 9. The number of aliphatic hydroxyl groups excluding tert-OH is 3. The molecule has 0 heterocycles. The van der Waals surface area contributed by atoms with E-state index in [9.17, 15) is 28.5 Å². The molecule has 0 aliphatic heterocycles. The predicted octanol–water partition coefficient (Wildman–Crippen LogP) is 3.39. The molecule has 5 N–H and O–H groups in total. The molecule has 4 saturated carbocycles. The first-order valence-corrected chi connectivity index (χ1v) is 16.6. The minimum atomic E-state index is -4.09. The Morgan fingerprint density at radius 3 is 2.39 bits per heavy atom. The molecule has 0 aromatic heterocycles. The molecule has 0 aromatic rings. The van der Waals surface area contributed by atoms with Crippen LogP contribution in [0.4, 0.5) is 0 Å². The van der Waals surface area contributed by atoms with E-state index in [-0.39, 0.29) is 47.3 Å². The highest BCUT2D eigenvalue weighted by Gasteiger charge is 2.65. The van der Waals surface area contributed by atoms with Crippen molar-refractivity contribution in [1.29, 1.82) is 0 Å². The predicted molar refractivity (Wildman–Crippen MR) is 146 cm³/mol. The van der Waals surface area contributed by atoms with E-state index in [1.54, 1.807) is 0 Å².